The molecule has 0 saturated carbocycles. The standard InChI is InChI=1S/C13H16ClFN2O2/c1-19-10-2-3-11(14)8(4-10)6-17-7-9(15)5-12(17)13(16)18/h2-4,9,12H,5-7H2,1H3,(H2,16,18)/t9-,12+/m1/s1. The maximum absolute atomic E-state index is 13.4. The van der Waals surface area contributed by atoms with Gasteiger partial charge in [0.2, 0.25) is 5.91 Å². The summed E-state index contributed by atoms with van der Waals surface area (Å²) >= 11 is 6.10. The lowest BCUT2D eigenvalue weighted by atomic mass is 10.1. The molecule has 0 radical (unpaired) electrons. The van der Waals surface area contributed by atoms with Gasteiger partial charge in [-0.1, -0.05) is 11.6 Å². The molecule has 1 aromatic carbocycles. The summed E-state index contributed by atoms with van der Waals surface area (Å²) in [5, 5.41) is 0.561. The van der Waals surface area contributed by atoms with Crippen molar-refractivity contribution in [2.45, 2.75) is 25.2 Å². The van der Waals surface area contributed by atoms with Crippen molar-refractivity contribution in [3.8, 4) is 5.75 Å². The number of carbonyl (C=O) groups is 1. The lowest BCUT2D eigenvalue weighted by Crippen LogP contribution is -2.39. The number of halogens is 2. The molecule has 2 rings (SSSR count). The van der Waals surface area contributed by atoms with Crippen LogP contribution in [0.2, 0.25) is 5.02 Å². The lowest BCUT2D eigenvalue weighted by Gasteiger charge is -2.22. The summed E-state index contributed by atoms with van der Waals surface area (Å²) in [6, 6.07) is 4.68. The molecular formula is C13H16ClFN2O2. The predicted molar refractivity (Wildman–Crippen MR) is 70.9 cm³/mol. The molecule has 1 aliphatic heterocycles. The van der Waals surface area contributed by atoms with E-state index in [9.17, 15) is 9.18 Å². The van der Waals surface area contributed by atoms with Crippen LogP contribution in [0.5, 0.6) is 5.75 Å². The van der Waals surface area contributed by atoms with Gasteiger partial charge in [0.25, 0.3) is 0 Å². The highest BCUT2D eigenvalue weighted by molar-refractivity contribution is 6.31. The van der Waals surface area contributed by atoms with Gasteiger partial charge in [0, 0.05) is 24.5 Å². The number of carbonyl (C=O) groups excluding carboxylic acids is 1. The zero-order chi connectivity index (χ0) is 14.0. The fourth-order valence-corrected chi connectivity index (χ4v) is 2.51. The highest BCUT2D eigenvalue weighted by Crippen LogP contribution is 2.27. The van der Waals surface area contributed by atoms with Gasteiger partial charge in [-0.2, -0.15) is 0 Å². The van der Waals surface area contributed by atoms with E-state index in [1.165, 1.54) is 0 Å². The van der Waals surface area contributed by atoms with Crippen LogP contribution in [0.15, 0.2) is 18.2 Å². The van der Waals surface area contributed by atoms with Crippen molar-refractivity contribution >= 4 is 17.5 Å². The zero-order valence-electron chi connectivity index (χ0n) is 10.6. The Morgan fingerprint density at radius 2 is 2.37 bits per heavy atom. The number of nitrogens with zero attached hydrogens (tertiary/aromatic N) is 1. The minimum Gasteiger partial charge on any atom is -0.497 e. The van der Waals surface area contributed by atoms with Gasteiger partial charge in [-0.3, -0.25) is 9.69 Å². The van der Waals surface area contributed by atoms with Gasteiger partial charge < -0.3 is 10.5 Å². The Labute approximate surface area is 116 Å². The second-order valence-electron chi connectivity index (χ2n) is 4.64. The summed E-state index contributed by atoms with van der Waals surface area (Å²) in [5.41, 5.74) is 6.09. The third-order valence-electron chi connectivity index (χ3n) is 3.31. The number of alkyl halides is 1. The Hall–Kier alpha value is -1.33. The van der Waals surface area contributed by atoms with Gasteiger partial charge in [0.1, 0.15) is 11.9 Å². The van der Waals surface area contributed by atoms with Crippen LogP contribution in [-0.2, 0) is 11.3 Å². The van der Waals surface area contributed by atoms with Gasteiger partial charge in [0.15, 0.2) is 0 Å². The SMILES string of the molecule is COc1ccc(Cl)c(CN2C[C@H](F)C[C@H]2C(N)=O)c1. The Morgan fingerprint density at radius 1 is 1.63 bits per heavy atom. The molecule has 19 heavy (non-hydrogen) atoms. The van der Waals surface area contributed by atoms with E-state index in [-0.39, 0.29) is 13.0 Å². The van der Waals surface area contributed by atoms with E-state index in [0.29, 0.717) is 17.3 Å². The van der Waals surface area contributed by atoms with Gasteiger partial charge in [-0.15, -0.1) is 0 Å². The van der Waals surface area contributed by atoms with Gasteiger partial charge in [-0.25, -0.2) is 4.39 Å². The number of ether oxygens (including phenoxy) is 1. The molecule has 0 spiro atoms. The van der Waals surface area contributed by atoms with Crippen LogP contribution in [0.1, 0.15) is 12.0 Å². The average Bonchev–Trinajstić information content (AvgIpc) is 2.73. The summed E-state index contributed by atoms with van der Waals surface area (Å²) < 4.78 is 18.6. The van der Waals surface area contributed by atoms with E-state index in [0.717, 1.165) is 5.56 Å². The average molecular weight is 287 g/mol. The number of primary amides is 1. The van der Waals surface area contributed by atoms with E-state index >= 15 is 0 Å². The van der Waals surface area contributed by atoms with Crippen molar-refractivity contribution in [2.75, 3.05) is 13.7 Å². The van der Waals surface area contributed by atoms with Crippen LogP contribution in [0, 0.1) is 0 Å². The van der Waals surface area contributed by atoms with Crippen molar-refractivity contribution in [3.05, 3.63) is 28.8 Å². The first kappa shape index (κ1) is 14.1. The second kappa shape index (κ2) is 5.75. The topological polar surface area (TPSA) is 55.6 Å². The van der Waals surface area contributed by atoms with Crippen LogP contribution in [0.3, 0.4) is 0 Å². The van der Waals surface area contributed by atoms with E-state index in [2.05, 4.69) is 0 Å². The van der Waals surface area contributed by atoms with E-state index in [1.54, 1.807) is 30.2 Å². The Morgan fingerprint density at radius 3 is 3.00 bits per heavy atom. The van der Waals surface area contributed by atoms with Crippen LogP contribution < -0.4 is 10.5 Å². The monoisotopic (exact) mass is 286 g/mol. The number of benzene rings is 1. The normalized spacial score (nSPS) is 23.5. The number of methoxy groups -OCH3 is 1. The maximum atomic E-state index is 13.4. The molecule has 6 heteroatoms. The molecule has 0 bridgehead atoms. The molecule has 1 fully saturated rings. The summed E-state index contributed by atoms with van der Waals surface area (Å²) in [6.45, 7) is 0.575. The van der Waals surface area contributed by atoms with Crippen molar-refractivity contribution in [3.63, 3.8) is 0 Å². The van der Waals surface area contributed by atoms with E-state index < -0.39 is 18.1 Å². The molecular weight excluding hydrogens is 271 g/mol. The Balaban J connectivity index is 2.18. The first-order valence-electron chi connectivity index (χ1n) is 6.01. The molecule has 0 unspecified atom stereocenters. The van der Waals surface area contributed by atoms with E-state index in [1.807, 2.05) is 0 Å². The largest absolute Gasteiger partial charge is 0.497 e. The summed E-state index contributed by atoms with van der Waals surface area (Å²) in [6.07, 6.45) is -0.876. The zero-order valence-corrected chi connectivity index (χ0v) is 11.4. The smallest absolute Gasteiger partial charge is 0.234 e. The molecule has 0 aliphatic carbocycles. The maximum Gasteiger partial charge on any atom is 0.234 e. The minimum absolute atomic E-state index is 0.150. The molecule has 1 heterocycles. The van der Waals surface area contributed by atoms with E-state index in [4.69, 9.17) is 22.1 Å². The second-order valence-corrected chi connectivity index (χ2v) is 5.05. The highest BCUT2D eigenvalue weighted by atomic mass is 35.5. The lowest BCUT2D eigenvalue weighted by molar-refractivity contribution is -0.122. The Bertz CT molecular complexity index is 484. The molecule has 2 atom stereocenters. The number of nitrogens with two attached hydrogens (primary N) is 1. The van der Waals surface area contributed by atoms with Gasteiger partial charge in [0.05, 0.1) is 13.2 Å². The molecule has 1 amide bonds. The van der Waals surface area contributed by atoms with Crippen LogP contribution in [0.4, 0.5) is 4.39 Å². The molecule has 104 valence electrons. The van der Waals surface area contributed by atoms with Gasteiger partial charge >= 0.3 is 0 Å². The number of hydrogen-bond acceptors (Lipinski definition) is 3. The summed E-state index contributed by atoms with van der Waals surface area (Å²) in [5.74, 6) is 0.171. The van der Waals surface area contributed by atoms with Crippen LogP contribution >= 0.6 is 11.6 Å². The third-order valence-corrected chi connectivity index (χ3v) is 3.68. The predicted octanol–water partition coefficient (Wildman–Crippen LogP) is 1.75. The first-order chi connectivity index (χ1) is 9.01. The molecule has 2 N–H and O–H groups in total. The molecule has 1 aromatic rings. The fourth-order valence-electron chi connectivity index (χ4n) is 2.34. The molecule has 1 aliphatic rings. The molecule has 4 nitrogen and oxygen atoms in total. The summed E-state index contributed by atoms with van der Waals surface area (Å²) in [7, 11) is 1.56. The van der Waals surface area contributed by atoms with Crippen LogP contribution in [0.25, 0.3) is 0 Å². The van der Waals surface area contributed by atoms with Crippen molar-refractivity contribution in [2.24, 2.45) is 5.73 Å². The molecule has 0 aromatic heterocycles. The number of amides is 1. The number of rotatable bonds is 4. The Kier molecular flexibility index (Phi) is 4.27. The number of hydrogen-bond donors (Lipinski definition) is 1. The highest BCUT2D eigenvalue weighted by Gasteiger charge is 2.35. The summed E-state index contributed by atoms with van der Waals surface area (Å²) in [4.78, 5) is 13.0. The van der Waals surface area contributed by atoms with Crippen molar-refractivity contribution in [1.82, 2.24) is 4.90 Å². The van der Waals surface area contributed by atoms with Gasteiger partial charge in [-0.05, 0) is 23.8 Å². The van der Waals surface area contributed by atoms with Crippen molar-refractivity contribution in [1.29, 1.82) is 0 Å². The quantitative estimate of drug-likeness (QED) is 0.917. The first-order valence-corrected chi connectivity index (χ1v) is 6.39. The molecule has 1 saturated heterocycles. The van der Waals surface area contributed by atoms with Crippen molar-refractivity contribution < 1.29 is 13.9 Å². The minimum atomic E-state index is -1.03. The fraction of sp³-hybridized carbons (Fsp3) is 0.462. The van der Waals surface area contributed by atoms with Crippen LogP contribution in [-0.4, -0.2) is 36.7 Å². The number of likely N-dealkylation sites (tertiary alicyclic amines) is 1. The third kappa shape index (κ3) is 3.16.